The van der Waals surface area contributed by atoms with Crippen LogP contribution >= 0.6 is 11.6 Å². The van der Waals surface area contributed by atoms with Gasteiger partial charge in [-0.3, -0.25) is 4.79 Å². The number of carbonyl (C=O) groups is 1. The largest absolute Gasteiger partial charge is 0.485 e. The number of benzene rings is 2. The van der Waals surface area contributed by atoms with Crippen LogP contribution in [0.3, 0.4) is 0 Å². The first-order chi connectivity index (χ1) is 9.86. The molecule has 0 fully saturated rings. The monoisotopic (exact) mass is 302 g/mol. The van der Waals surface area contributed by atoms with Gasteiger partial charge in [0, 0.05) is 10.6 Å². The molecule has 0 unspecified atom stereocenters. The Hall–Kier alpha value is -1.80. The summed E-state index contributed by atoms with van der Waals surface area (Å²) in [5.74, 6) is 0.553. The van der Waals surface area contributed by atoms with E-state index in [0.717, 1.165) is 0 Å². The van der Waals surface area contributed by atoms with Gasteiger partial charge in [-0.1, -0.05) is 62.7 Å². The fourth-order valence-corrected chi connectivity index (χ4v) is 2.13. The molecular formula is C18H19ClO2. The Morgan fingerprint density at radius 1 is 1.10 bits per heavy atom. The number of ether oxygens (including phenoxy) is 1. The van der Waals surface area contributed by atoms with Crippen LogP contribution in [0, 0.1) is 0 Å². The first-order valence-corrected chi connectivity index (χ1v) is 7.26. The molecule has 21 heavy (non-hydrogen) atoms. The van der Waals surface area contributed by atoms with Gasteiger partial charge in [-0.25, -0.2) is 0 Å². The molecule has 0 saturated heterocycles. The van der Waals surface area contributed by atoms with Crippen LogP contribution in [0.15, 0.2) is 48.5 Å². The lowest BCUT2D eigenvalue weighted by Gasteiger charge is -2.19. The topological polar surface area (TPSA) is 26.3 Å². The Morgan fingerprint density at radius 2 is 1.76 bits per heavy atom. The molecule has 110 valence electrons. The molecule has 2 rings (SSSR count). The molecule has 0 aliphatic rings. The Kier molecular flexibility index (Phi) is 4.69. The highest BCUT2D eigenvalue weighted by atomic mass is 35.5. The quantitative estimate of drug-likeness (QED) is 0.751. The summed E-state index contributed by atoms with van der Waals surface area (Å²) in [6.07, 6.45) is 0. The van der Waals surface area contributed by atoms with Crippen molar-refractivity contribution in [2.75, 3.05) is 6.61 Å². The summed E-state index contributed by atoms with van der Waals surface area (Å²) < 4.78 is 5.47. The first-order valence-electron chi connectivity index (χ1n) is 6.88. The van der Waals surface area contributed by atoms with Crippen molar-refractivity contribution >= 4 is 17.4 Å². The van der Waals surface area contributed by atoms with E-state index in [1.165, 1.54) is 5.56 Å². The minimum Gasteiger partial charge on any atom is -0.485 e. The second-order valence-corrected chi connectivity index (χ2v) is 6.43. The van der Waals surface area contributed by atoms with Gasteiger partial charge >= 0.3 is 0 Å². The van der Waals surface area contributed by atoms with Crippen LogP contribution in [-0.2, 0) is 5.41 Å². The highest BCUT2D eigenvalue weighted by Crippen LogP contribution is 2.22. The fourth-order valence-electron chi connectivity index (χ4n) is 1.95. The third kappa shape index (κ3) is 4.33. The number of halogens is 1. The van der Waals surface area contributed by atoms with Gasteiger partial charge < -0.3 is 4.74 Å². The predicted molar refractivity (Wildman–Crippen MR) is 86.4 cm³/mol. The van der Waals surface area contributed by atoms with E-state index in [9.17, 15) is 4.79 Å². The summed E-state index contributed by atoms with van der Waals surface area (Å²) in [7, 11) is 0. The third-order valence-corrected chi connectivity index (χ3v) is 3.47. The smallest absolute Gasteiger partial charge is 0.200 e. The van der Waals surface area contributed by atoms with Crippen LogP contribution in [0.25, 0.3) is 0 Å². The Morgan fingerprint density at radius 3 is 2.33 bits per heavy atom. The fraction of sp³-hybridized carbons (Fsp3) is 0.278. The molecule has 0 aliphatic carbocycles. The highest BCUT2D eigenvalue weighted by molar-refractivity contribution is 6.30. The van der Waals surface area contributed by atoms with E-state index in [0.29, 0.717) is 16.3 Å². The predicted octanol–water partition coefficient (Wildman–Crippen LogP) is 4.90. The Bertz CT molecular complexity index is 624. The molecular weight excluding hydrogens is 284 g/mol. The number of ketones is 1. The first kappa shape index (κ1) is 15.6. The molecule has 0 heterocycles. The third-order valence-electron chi connectivity index (χ3n) is 3.24. The summed E-state index contributed by atoms with van der Waals surface area (Å²) in [4.78, 5) is 12.1. The normalized spacial score (nSPS) is 11.2. The summed E-state index contributed by atoms with van der Waals surface area (Å²) in [5, 5.41) is 0.592. The minimum atomic E-state index is -0.0459. The van der Waals surface area contributed by atoms with Crippen LogP contribution in [-0.4, -0.2) is 12.4 Å². The van der Waals surface area contributed by atoms with Crippen molar-refractivity contribution in [2.24, 2.45) is 0 Å². The van der Waals surface area contributed by atoms with Gasteiger partial charge in [0.15, 0.2) is 12.4 Å². The number of hydrogen-bond acceptors (Lipinski definition) is 2. The molecule has 0 aliphatic heterocycles. The number of rotatable bonds is 4. The van der Waals surface area contributed by atoms with Crippen molar-refractivity contribution in [2.45, 2.75) is 26.2 Å². The van der Waals surface area contributed by atoms with E-state index in [4.69, 9.17) is 16.3 Å². The van der Waals surface area contributed by atoms with Gasteiger partial charge in [-0.05, 0) is 29.2 Å². The maximum absolute atomic E-state index is 12.1. The van der Waals surface area contributed by atoms with Crippen LogP contribution in [0.1, 0.15) is 36.7 Å². The van der Waals surface area contributed by atoms with Gasteiger partial charge in [-0.15, -0.1) is 0 Å². The van der Waals surface area contributed by atoms with Gasteiger partial charge in [-0.2, -0.15) is 0 Å². The maximum Gasteiger partial charge on any atom is 0.200 e. The van der Waals surface area contributed by atoms with Crippen molar-refractivity contribution in [3.8, 4) is 5.75 Å². The zero-order chi connectivity index (χ0) is 15.5. The average Bonchev–Trinajstić information content (AvgIpc) is 2.44. The lowest BCUT2D eigenvalue weighted by atomic mass is 9.86. The zero-order valence-corrected chi connectivity index (χ0v) is 13.3. The number of carbonyl (C=O) groups excluding carboxylic acids is 1. The molecule has 0 bridgehead atoms. The SMILES string of the molecule is CC(C)(C)c1ccc(C(=O)COc2cccc(Cl)c2)cc1. The number of hydrogen-bond donors (Lipinski definition) is 0. The molecule has 0 atom stereocenters. The van der Waals surface area contributed by atoms with Gasteiger partial charge in [0.2, 0.25) is 0 Å². The molecule has 2 aromatic carbocycles. The molecule has 0 spiro atoms. The van der Waals surface area contributed by atoms with Gasteiger partial charge in [0.25, 0.3) is 0 Å². The van der Waals surface area contributed by atoms with E-state index >= 15 is 0 Å². The van der Waals surface area contributed by atoms with Crippen molar-refractivity contribution in [3.63, 3.8) is 0 Å². The van der Waals surface area contributed by atoms with E-state index in [1.54, 1.807) is 24.3 Å². The van der Waals surface area contributed by atoms with E-state index in [2.05, 4.69) is 20.8 Å². The summed E-state index contributed by atoms with van der Waals surface area (Å²) in [5.41, 5.74) is 1.94. The molecule has 0 saturated carbocycles. The van der Waals surface area contributed by atoms with Crippen LogP contribution in [0.2, 0.25) is 5.02 Å². The van der Waals surface area contributed by atoms with Crippen LogP contribution in [0.5, 0.6) is 5.75 Å². The molecule has 3 heteroatoms. The van der Waals surface area contributed by atoms with Gasteiger partial charge in [0.1, 0.15) is 5.75 Å². The standard InChI is InChI=1S/C18H19ClO2/c1-18(2,3)14-9-7-13(8-10-14)17(20)12-21-16-6-4-5-15(19)11-16/h4-11H,12H2,1-3H3. The highest BCUT2D eigenvalue weighted by Gasteiger charge is 2.14. The van der Waals surface area contributed by atoms with Gasteiger partial charge in [0.05, 0.1) is 0 Å². The van der Waals surface area contributed by atoms with Crippen LogP contribution < -0.4 is 4.74 Å². The van der Waals surface area contributed by atoms with Crippen molar-refractivity contribution in [3.05, 3.63) is 64.7 Å². The van der Waals surface area contributed by atoms with Crippen molar-refractivity contribution < 1.29 is 9.53 Å². The summed E-state index contributed by atoms with van der Waals surface area (Å²) in [6.45, 7) is 6.44. The Balaban J connectivity index is 2.00. The van der Waals surface area contributed by atoms with E-state index in [-0.39, 0.29) is 17.8 Å². The summed E-state index contributed by atoms with van der Waals surface area (Å²) in [6, 6.07) is 14.7. The average molecular weight is 303 g/mol. The molecule has 2 aromatic rings. The molecule has 0 aromatic heterocycles. The van der Waals surface area contributed by atoms with Crippen molar-refractivity contribution in [1.82, 2.24) is 0 Å². The molecule has 0 N–H and O–H groups in total. The number of Topliss-reactive ketones (excluding diaryl/α,β-unsaturated/α-hetero) is 1. The maximum atomic E-state index is 12.1. The second kappa shape index (κ2) is 6.31. The minimum absolute atomic E-state index is 0.00913. The van der Waals surface area contributed by atoms with E-state index < -0.39 is 0 Å². The van der Waals surface area contributed by atoms with E-state index in [1.807, 2.05) is 24.3 Å². The molecule has 0 radical (unpaired) electrons. The summed E-state index contributed by atoms with van der Waals surface area (Å²) >= 11 is 5.87. The Labute approximate surface area is 130 Å². The molecule has 0 amide bonds. The van der Waals surface area contributed by atoms with Crippen LogP contribution in [0.4, 0.5) is 0 Å². The molecule has 2 nitrogen and oxygen atoms in total. The van der Waals surface area contributed by atoms with Crippen molar-refractivity contribution in [1.29, 1.82) is 0 Å². The second-order valence-electron chi connectivity index (χ2n) is 6.00. The lowest BCUT2D eigenvalue weighted by molar-refractivity contribution is 0.0921. The lowest BCUT2D eigenvalue weighted by Crippen LogP contribution is -2.14. The zero-order valence-electron chi connectivity index (χ0n) is 12.5.